The molecule has 0 spiro atoms. The van der Waals surface area contributed by atoms with Gasteiger partial charge in [0.15, 0.2) is 0 Å². The third-order valence-electron chi connectivity index (χ3n) is 2.15. The summed E-state index contributed by atoms with van der Waals surface area (Å²) in [5.41, 5.74) is 21.4. The first-order chi connectivity index (χ1) is 7.97. The van der Waals surface area contributed by atoms with Crippen molar-refractivity contribution in [3.8, 4) is 0 Å². The summed E-state index contributed by atoms with van der Waals surface area (Å²) in [6.07, 6.45) is 1.68. The van der Waals surface area contributed by atoms with Crippen molar-refractivity contribution in [2.45, 2.75) is 44.3 Å². The Kier molecular flexibility index (Phi) is 8.51. The van der Waals surface area contributed by atoms with Crippen molar-refractivity contribution in [3.63, 3.8) is 0 Å². The minimum absolute atomic E-state index is 0.111. The van der Waals surface area contributed by atoms with Crippen molar-refractivity contribution in [1.82, 2.24) is 0 Å². The maximum Gasteiger partial charge on any atom is 0.330 e. The van der Waals surface area contributed by atoms with Gasteiger partial charge < -0.3 is 27.7 Å². The van der Waals surface area contributed by atoms with Crippen LogP contribution in [0.15, 0.2) is 0 Å². The van der Waals surface area contributed by atoms with Crippen LogP contribution in [-0.4, -0.2) is 30.7 Å². The molecule has 0 saturated heterocycles. The van der Waals surface area contributed by atoms with Crippen molar-refractivity contribution >= 4 is 11.9 Å². The average molecular weight is 246 g/mol. The Hall–Kier alpha value is -1.02. The first-order valence-corrected chi connectivity index (χ1v) is 5.68. The van der Waals surface area contributed by atoms with E-state index in [1.807, 2.05) is 0 Å². The molecule has 0 radical (unpaired) electrons. The number of nitrogens with two attached hydrogens (primary N) is 4. The molecule has 17 heavy (non-hydrogen) atoms. The highest BCUT2D eigenvalue weighted by atomic mass is 16.6. The van der Waals surface area contributed by atoms with Crippen LogP contribution in [0.3, 0.4) is 0 Å². The van der Waals surface area contributed by atoms with E-state index < -0.39 is 24.1 Å². The van der Waals surface area contributed by atoms with Crippen LogP contribution in [0.4, 0.5) is 0 Å². The Morgan fingerprint density at radius 3 is 2.24 bits per heavy atom. The van der Waals surface area contributed by atoms with Gasteiger partial charge in [-0.1, -0.05) is 0 Å². The van der Waals surface area contributed by atoms with E-state index in [4.69, 9.17) is 22.9 Å². The molecule has 0 amide bonds. The van der Waals surface area contributed by atoms with Crippen LogP contribution in [0.25, 0.3) is 0 Å². The monoisotopic (exact) mass is 246 g/mol. The fourth-order valence-corrected chi connectivity index (χ4v) is 1.18. The molecule has 8 N–H and O–H groups in total. The third-order valence-corrected chi connectivity index (χ3v) is 2.15. The minimum Gasteiger partial charge on any atom is -0.392 e. The Morgan fingerprint density at radius 2 is 1.71 bits per heavy atom. The predicted octanol–water partition coefficient (Wildman–Crippen LogP) is -1.46. The van der Waals surface area contributed by atoms with Crippen molar-refractivity contribution in [1.29, 1.82) is 0 Å². The van der Waals surface area contributed by atoms with Gasteiger partial charge in [0.05, 0.1) is 6.17 Å². The summed E-state index contributed by atoms with van der Waals surface area (Å²) in [5, 5.41) is 0. The molecular weight excluding hydrogens is 224 g/mol. The largest absolute Gasteiger partial charge is 0.392 e. The Morgan fingerprint density at radius 1 is 1.06 bits per heavy atom. The van der Waals surface area contributed by atoms with Crippen LogP contribution in [-0.2, 0) is 14.3 Å². The zero-order valence-corrected chi connectivity index (χ0v) is 9.93. The number of hydrogen-bond donors (Lipinski definition) is 4. The van der Waals surface area contributed by atoms with Crippen LogP contribution in [0, 0.1) is 0 Å². The fourth-order valence-electron chi connectivity index (χ4n) is 1.18. The third kappa shape index (κ3) is 8.75. The van der Waals surface area contributed by atoms with E-state index in [0.29, 0.717) is 32.2 Å². The number of ether oxygens (including phenoxy) is 1. The molecule has 0 saturated carbocycles. The van der Waals surface area contributed by atoms with E-state index >= 15 is 0 Å². The van der Waals surface area contributed by atoms with E-state index in [2.05, 4.69) is 4.74 Å². The average Bonchev–Trinajstić information content (AvgIpc) is 2.25. The van der Waals surface area contributed by atoms with Crippen molar-refractivity contribution < 1.29 is 14.3 Å². The second-order valence-electron chi connectivity index (χ2n) is 3.89. The molecule has 0 bridgehead atoms. The molecule has 0 aliphatic rings. The molecular formula is C10H22N4O3. The normalized spacial score (nSPS) is 12.5. The van der Waals surface area contributed by atoms with Gasteiger partial charge in [-0.25, -0.2) is 4.79 Å². The summed E-state index contributed by atoms with van der Waals surface area (Å²) < 4.78 is 4.57. The molecule has 7 nitrogen and oxygen atoms in total. The van der Waals surface area contributed by atoms with Crippen molar-refractivity contribution in [2.24, 2.45) is 22.9 Å². The smallest absolute Gasteiger partial charge is 0.330 e. The maximum absolute atomic E-state index is 11.3. The maximum atomic E-state index is 11.3. The predicted molar refractivity (Wildman–Crippen MR) is 63.4 cm³/mol. The minimum atomic E-state index is -0.792. The summed E-state index contributed by atoms with van der Waals surface area (Å²) in [5.74, 6) is -1.31. The molecule has 0 fully saturated rings. The highest BCUT2D eigenvalue weighted by Gasteiger charge is 2.18. The quantitative estimate of drug-likeness (QED) is 0.232. The highest BCUT2D eigenvalue weighted by molar-refractivity contribution is 5.88. The van der Waals surface area contributed by atoms with Gasteiger partial charge in [0.1, 0.15) is 6.04 Å². The SMILES string of the molecule is NCCC[C@@H](N)C(=O)OC(=O)CCCC(N)N. The molecule has 0 aliphatic heterocycles. The zero-order valence-electron chi connectivity index (χ0n) is 9.93. The lowest BCUT2D eigenvalue weighted by atomic mass is 10.2. The summed E-state index contributed by atoms with van der Waals surface area (Å²) in [6.45, 7) is 0.448. The standard InChI is InChI=1S/C10H22N4O3/c11-6-2-3-7(12)10(16)17-9(15)5-1-4-8(13)14/h7-8H,1-6,11-14H2/t7-/m1/s1. The Balaban J connectivity index is 3.75. The van der Waals surface area contributed by atoms with Gasteiger partial charge in [0.2, 0.25) is 0 Å². The summed E-state index contributed by atoms with van der Waals surface area (Å²) in [4.78, 5) is 22.5. The summed E-state index contributed by atoms with van der Waals surface area (Å²) in [7, 11) is 0. The van der Waals surface area contributed by atoms with Crippen molar-refractivity contribution in [3.05, 3.63) is 0 Å². The fraction of sp³-hybridized carbons (Fsp3) is 0.800. The summed E-state index contributed by atoms with van der Waals surface area (Å²) in [6, 6.07) is -0.792. The lowest BCUT2D eigenvalue weighted by molar-refractivity contribution is -0.160. The van der Waals surface area contributed by atoms with Gasteiger partial charge in [0.25, 0.3) is 0 Å². The van der Waals surface area contributed by atoms with E-state index in [-0.39, 0.29) is 6.42 Å². The zero-order chi connectivity index (χ0) is 13.3. The number of hydrogen-bond acceptors (Lipinski definition) is 7. The second kappa shape index (κ2) is 9.06. The molecule has 0 aromatic carbocycles. The second-order valence-corrected chi connectivity index (χ2v) is 3.89. The number of esters is 2. The molecule has 0 unspecified atom stereocenters. The first kappa shape index (κ1) is 16.0. The lowest BCUT2D eigenvalue weighted by Gasteiger charge is -2.09. The van der Waals surface area contributed by atoms with Crippen LogP contribution in [0.1, 0.15) is 32.1 Å². The number of carbonyl (C=O) groups excluding carboxylic acids is 2. The molecule has 0 aromatic rings. The van der Waals surface area contributed by atoms with Crippen LogP contribution < -0.4 is 22.9 Å². The van der Waals surface area contributed by atoms with E-state index in [9.17, 15) is 9.59 Å². The van der Waals surface area contributed by atoms with Gasteiger partial charge in [-0.3, -0.25) is 4.79 Å². The summed E-state index contributed by atoms with van der Waals surface area (Å²) >= 11 is 0. The lowest BCUT2D eigenvalue weighted by Crippen LogP contribution is -2.34. The van der Waals surface area contributed by atoms with Gasteiger partial charge in [0, 0.05) is 6.42 Å². The molecule has 0 aliphatic carbocycles. The van der Waals surface area contributed by atoms with Gasteiger partial charge >= 0.3 is 11.9 Å². The molecule has 0 rings (SSSR count). The molecule has 0 aromatic heterocycles. The van der Waals surface area contributed by atoms with Crippen LogP contribution >= 0.6 is 0 Å². The van der Waals surface area contributed by atoms with Gasteiger partial charge in [-0.2, -0.15) is 0 Å². The molecule has 100 valence electrons. The van der Waals surface area contributed by atoms with Gasteiger partial charge in [-0.15, -0.1) is 0 Å². The highest BCUT2D eigenvalue weighted by Crippen LogP contribution is 2.01. The van der Waals surface area contributed by atoms with E-state index in [1.165, 1.54) is 0 Å². The molecule has 0 heterocycles. The Labute approximate surface area is 101 Å². The van der Waals surface area contributed by atoms with Gasteiger partial charge in [-0.05, 0) is 32.2 Å². The van der Waals surface area contributed by atoms with E-state index in [0.717, 1.165) is 0 Å². The van der Waals surface area contributed by atoms with Crippen molar-refractivity contribution in [2.75, 3.05) is 6.54 Å². The van der Waals surface area contributed by atoms with Crippen LogP contribution in [0.5, 0.6) is 0 Å². The Bertz CT molecular complexity index is 246. The topological polar surface area (TPSA) is 147 Å². The number of rotatable bonds is 8. The number of carbonyl (C=O) groups is 2. The van der Waals surface area contributed by atoms with E-state index in [1.54, 1.807) is 0 Å². The molecule has 7 heteroatoms. The van der Waals surface area contributed by atoms with Crippen LogP contribution in [0.2, 0.25) is 0 Å². The molecule has 1 atom stereocenters. The first-order valence-electron chi connectivity index (χ1n) is 5.68.